The number of pyridine rings is 1. The lowest BCUT2D eigenvalue weighted by molar-refractivity contribution is 0.0168. The van der Waals surface area contributed by atoms with Crippen LogP contribution < -0.4 is 21.9 Å². The summed E-state index contributed by atoms with van der Waals surface area (Å²) in [6, 6.07) is 8.72. The highest BCUT2D eigenvalue weighted by Crippen LogP contribution is 2.29. The zero-order chi connectivity index (χ0) is 16.2. The Labute approximate surface area is 136 Å². The summed E-state index contributed by atoms with van der Waals surface area (Å²) in [7, 11) is 0. The van der Waals surface area contributed by atoms with Crippen molar-refractivity contribution in [2.45, 2.75) is 0 Å². The molecule has 3 rings (SSSR count). The lowest BCUT2D eigenvalue weighted by Gasteiger charge is -2.08. The number of aliphatic hydroxyl groups excluding tert-OH is 1. The molecule has 1 aromatic heterocycles. The lowest BCUT2D eigenvalue weighted by atomic mass is 10.1. The number of benzene rings is 1. The van der Waals surface area contributed by atoms with Crippen molar-refractivity contribution in [3.05, 3.63) is 40.9 Å². The summed E-state index contributed by atoms with van der Waals surface area (Å²) >= 11 is 6.17. The molecule has 120 valence electrons. The quantitative estimate of drug-likeness (QED) is 0.414. The minimum absolute atomic E-state index is 0.00948. The van der Waals surface area contributed by atoms with Crippen molar-refractivity contribution in [2.24, 2.45) is 0 Å². The lowest BCUT2D eigenvalue weighted by Crippen LogP contribution is -2.25. The fraction of sp³-hybridized carbons (Fsp3) is 0.143. The topological polar surface area (TPSA) is 108 Å². The first-order chi connectivity index (χ1) is 11.2. The van der Waals surface area contributed by atoms with Crippen molar-refractivity contribution in [1.82, 2.24) is 16.0 Å². The Morgan fingerprint density at radius 1 is 1.30 bits per heavy atom. The number of aliphatic hydroxyl groups is 1. The Bertz CT molecular complexity index is 740. The minimum Gasteiger partial charge on any atom is -0.394 e. The molecular weight excluding hydrogens is 322 g/mol. The van der Waals surface area contributed by atoms with Crippen LogP contribution in [0.1, 0.15) is 10.4 Å². The van der Waals surface area contributed by atoms with Crippen molar-refractivity contribution in [3.63, 3.8) is 0 Å². The van der Waals surface area contributed by atoms with E-state index < -0.39 is 5.91 Å². The van der Waals surface area contributed by atoms with Crippen molar-refractivity contribution in [3.8, 4) is 11.3 Å². The Balaban J connectivity index is 1.80. The third-order valence-electron chi connectivity index (χ3n) is 3.14. The normalized spacial score (nSPS) is 12.3. The van der Waals surface area contributed by atoms with Crippen molar-refractivity contribution >= 4 is 29.0 Å². The van der Waals surface area contributed by atoms with Gasteiger partial charge < -0.3 is 10.5 Å². The first-order valence-electron chi connectivity index (χ1n) is 6.80. The molecule has 1 aromatic carbocycles. The Kier molecular flexibility index (Phi) is 4.58. The number of fused-ring (bicyclic) bond motifs is 1. The molecular formula is C14H14ClN5O3. The van der Waals surface area contributed by atoms with Crippen LogP contribution in [0.2, 0.25) is 5.02 Å². The van der Waals surface area contributed by atoms with Gasteiger partial charge in [0.15, 0.2) is 5.82 Å². The SMILES string of the molecule is O=C(NOCCO)c1ccc(-c2ccc3c(n2)NNN3)cc1Cl. The Morgan fingerprint density at radius 2 is 2.17 bits per heavy atom. The molecule has 2 heterocycles. The van der Waals surface area contributed by atoms with Gasteiger partial charge in [0.05, 0.1) is 35.2 Å². The molecule has 0 spiro atoms. The van der Waals surface area contributed by atoms with Crippen LogP contribution in [-0.2, 0) is 4.84 Å². The predicted octanol–water partition coefficient (Wildman–Crippen LogP) is 1.31. The number of nitrogens with one attached hydrogen (secondary N) is 4. The molecule has 0 unspecified atom stereocenters. The van der Waals surface area contributed by atoms with E-state index in [1.54, 1.807) is 18.2 Å². The van der Waals surface area contributed by atoms with E-state index in [1.165, 1.54) is 0 Å². The first-order valence-corrected chi connectivity index (χ1v) is 7.18. The molecule has 0 radical (unpaired) electrons. The zero-order valence-corrected chi connectivity index (χ0v) is 12.6. The van der Waals surface area contributed by atoms with E-state index in [9.17, 15) is 4.79 Å². The minimum atomic E-state index is -0.480. The van der Waals surface area contributed by atoms with E-state index in [0.717, 1.165) is 11.3 Å². The summed E-state index contributed by atoms with van der Waals surface area (Å²) in [6.45, 7) is -0.176. The number of hydroxylamine groups is 1. The molecule has 0 fully saturated rings. The van der Waals surface area contributed by atoms with Gasteiger partial charge in [-0.05, 0) is 24.3 Å². The average Bonchev–Trinajstić information content (AvgIpc) is 3.02. The maximum atomic E-state index is 11.9. The monoisotopic (exact) mass is 335 g/mol. The average molecular weight is 336 g/mol. The van der Waals surface area contributed by atoms with Crippen LogP contribution in [0.25, 0.3) is 11.3 Å². The van der Waals surface area contributed by atoms with Crippen molar-refractivity contribution < 1.29 is 14.7 Å². The molecule has 9 heteroatoms. The number of carbonyl (C=O) groups is 1. The number of amides is 1. The van der Waals surface area contributed by atoms with Crippen LogP contribution in [0, 0.1) is 0 Å². The maximum absolute atomic E-state index is 11.9. The third-order valence-corrected chi connectivity index (χ3v) is 3.45. The highest BCUT2D eigenvalue weighted by Gasteiger charge is 2.14. The van der Waals surface area contributed by atoms with E-state index in [-0.39, 0.29) is 23.8 Å². The van der Waals surface area contributed by atoms with Gasteiger partial charge in [-0.25, -0.2) is 10.5 Å². The van der Waals surface area contributed by atoms with E-state index in [1.807, 2.05) is 12.1 Å². The fourth-order valence-corrected chi connectivity index (χ4v) is 2.32. The molecule has 1 amide bonds. The first kappa shape index (κ1) is 15.5. The fourth-order valence-electron chi connectivity index (χ4n) is 2.05. The molecule has 1 aliphatic heterocycles. The second-order valence-electron chi connectivity index (χ2n) is 4.67. The van der Waals surface area contributed by atoms with Crippen LogP contribution in [0.3, 0.4) is 0 Å². The number of anilines is 2. The summed E-state index contributed by atoms with van der Waals surface area (Å²) in [5, 5.41) is 8.89. The number of halogens is 1. The molecule has 0 atom stereocenters. The summed E-state index contributed by atoms with van der Waals surface area (Å²) in [4.78, 5) is 21.1. The molecule has 0 saturated carbocycles. The van der Waals surface area contributed by atoms with Gasteiger partial charge in [0.25, 0.3) is 5.91 Å². The molecule has 1 aliphatic rings. The van der Waals surface area contributed by atoms with Crippen LogP contribution in [0.15, 0.2) is 30.3 Å². The highest BCUT2D eigenvalue weighted by atomic mass is 35.5. The van der Waals surface area contributed by atoms with Gasteiger partial charge in [0.2, 0.25) is 0 Å². The van der Waals surface area contributed by atoms with E-state index in [4.69, 9.17) is 21.5 Å². The van der Waals surface area contributed by atoms with E-state index in [2.05, 4.69) is 26.9 Å². The molecule has 0 saturated heterocycles. The van der Waals surface area contributed by atoms with Crippen LogP contribution in [0.5, 0.6) is 0 Å². The molecule has 2 aromatic rings. The highest BCUT2D eigenvalue weighted by molar-refractivity contribution is 6.34. The Morgan fingerprint density at radius 3 is 2.96 bits per heavy atom. The summed E-state index contributed by atoms with van der Waals surface area (Å²) in [5.41, 5.74) is 13.4. The molecule has 0 aliphatic carbocycles. The van der Waals surface area contributed by atoms with Gasteiger partial charge in [0, 0.05) is 5.56 Å². The smallest absolute Gasteiger partial charge is 0.276 e. The van der Waals surface area contributed by atoms with E-state index >= 15 is 0 Å². The number of rotatable bonds is 5. The van der Waals surface area contributed by atoms with Gasteiger partial charge >= 0.3 is 0 Å². The van der Waals surface area contributed by atoms with Crippen LogP contribution in [-0.4, -0.2) is 29.2 Å². The van der Waals surface area contributed by atoms with Gasteiger partial charge in [-0.3, -0.25) is 15.1 Å². The number of hydrogen-bond acceptors (Lipinski definition) is 7. The summed E-state index contributed by atoms with van der Waals surface area (Å²) in [6.07, 6.45) is 0. The maximum Gasteiger partial charge on any atom is 0.276 e. The van der Waals surface area contributed by atoms with Gasteiger partial charge in [-0.15, -0.1) is 5.53 Å². The van der Waals surface area contributed by atoms with Crippen LogP contribution in [0.4, 0.5) is 11.5 Å². The number of hydrazine groups is 2. The number of carbonyl (C=O) groups excluding carboxylic acids is 1. The largest absolute Gasteiger partial charge is 0.394 e. The van der Waals surface area contributed by atoms with Crippen LogP contribution >= 0.6 is 11.6 Å². The summed E-state index contributed by atoms with van der Waals surface area (Å²) < 4.78 is 0. The summed E-state index contributed by atoms with van der Waals surface area (Å²) in [5.74, 6) is 0.199. The Hall–Kier alpha value is -2.39. The number of hydrogen-bond donors (Lipinski definition) is 5. The van der Waals surface area contributed by atoms with Crippen molar-refractivity contribution in [1.29, 1.82) is 0 Å². The molecule has 8 nitrogen and oxygen atoms in total. The molecule has 5 N–H and O–H groups in total. The zero-order valence-electron chi connectivity index (χ0n) is 11.9. The van der Waals surface area contributed by atoms with Gasteiger partial charge in [-0.2, -0.15) is 0 Å². The molecule has 23 heavy (non-hydrogen) atoms. The predicted molar refractivity (Wildman–Crippen MR) is 85.6 cm³/mol. The number of nitrogens with zero attached hydrogens (tertiary/aromatic N) is 1. The second-order valence-corrected chi connectivity index (χ2v) is 5.07. The van der Waals surface area contributed by atoms with Gasteiger partial charge in [-0.1, -0.05) is 17.7 Å². The third kappa shape index (κ3) is 3.35. The van der Waals surface area contributed by atoms with Crippen molar-refractivity contribution in [2.75, 3.05) is 24.1 Å². The number of aromatic nitrogens is 1. The molecule has 0 bridgehead atoms. The van der Waals surface area contributed by atoms with E-state index in [0.29, 0.717) is 11.5 Å². The second kappa shape index (κ2) is 6.80. The van der Waals surface area contributed by atoms with Gasteiger partial charge in [0.1, 0.15) is 0 Å². The standard InChI is InChI=1S/C14H14ClN5O3/c15-10-7-8(1-2-9(10)14(22)19-23-6-5-21)11-3-4-12-13(16-11)18-20-17-12/h1-4,7,17,20-21H,5-6H2,(H,16,18)(H,19,22).